The lowest BCUT2D eigenvalue weighted by molar-refractivity contribution is 0.139. The lowest BCUT2D eigenvalue weighted by Gasteiger charge is -2.35. The third kappa shape index (κ3) is 6.54. The van der Waals surface area contributed by atoms with Crippen LogP contribution in [0.4, 0.5) is 0 Å². The van der Waals surface area contributed by atoms with Gasteiger partial charge in [0.05, 0.1) is 0 Å². The molecule has 2 unspecified atom stereocenters. The molecule has 1 saturated heterocycles. The average molecular weight is 449 g/mol. The van der Waals surface area contributed by atoms with Gasteiger partial charge in [-0.05, 0) is 39.2 Å². The van der Waals surface area contributed by atoms with Crippen molar-refractivity contribution in [2.75, 3.05) is 26.2 Å². The molecule has 1 aliphatic heterocycles. The minimum Gasteiger partial charge on any atom is -0.357 e. The monoisotopic (exact) mass is 449 g/mol. The van der Waals surface area contributed by atoms with Crippen LogP contribution >= 0.6 is 24.0 Å². The normalized spacial score (nSPS) is 20.3. The molecule has 138 valence electrons. The number of halogens is 1. The van der Waals surface area contributed by atoms with E-state index >= 15 is 0 Å². The first-order chi connectivity index (χ1) is 11.1. The zero-order chi connectivity index (χ0) is 16.7. The highest BCUT2D eigenvalue weighted by molar-refractivity contribution is 14.0. The minimum atomic E-state index is 0. The summed E-state index contributed by atoms with van der Waals surface area (Å²) in [5.41, 5.74) is 0. The maximum absolute atomic E-state index is 4.60. The van der Waals surface area contributed by atoms with Crippen LogP contribution in [0.25, 0.3) is 0 Å². The van der Waals surface area contributed by atoms with E-state index in [4.69, 9.17) is 0 Å². The Kier molecular flexibility index (Phi) is 9.57. The average Bonchev–Trinajstić information content (AvgIpc) is 2.95. The fourth-order valence-electron chi connectivity index (χ4n) is 2.95. The van der Waals surface area contributed by atoms with Gasteiger partial charge in [-0.3, -0.25) is 9.58 Å². The molecule has 0 bridgehead atoms. The number of piperidine rings is 1. The molecule has 0 spiro atoms. The Labute approximate surface area is 162 Å². The highest BCUT2D eigenvalue weighted by Crippen LogP contribution is 2.17. The van der Waals surface area contributed by atoms with Gasteiger partial charge in [0.1, 0.15) is 18.7 Å². The number of aromatic nitrogens is 3. The first-order valence-corrected chi connectivity index (χ1v) is 8.69. The maximum Gasteiger partial charge on any atom is 0.191 e. The van der Waals surface area contributed by atoms with E-state index in [0.717, 1.165) is 30.8 Å². The number of guanidine groups is 1. The van der Waals surface area contributed by atoms with Crippen molar-refractivity contribution in [3.05, 3.63) is 12.2 Å². The molecule has 0 saturated carbocycles. The van der Waals surface area contributed by atoms with Crippen LogP contribution in [0.2, 0.25) is 0 Å². The molecule has 24 heavy (non-hydrogen) atoms. The smallest absolute Gasteiger partial charge is 0.191 e. The number of likely N-dealkylation sites (tertiary alicyclic amines) is 1. The first-order valence-electron chi connectivity index (χ1n) is 8.69. The van der Waals surface area contributed by atoms with Gasteiger partial charge in [0, 0.05) is 32.7 Å². The first kappa shape index (κ1) is 21.1. The fourth-order valence-corrected chi connectivity index (χ4v) is 2.95. The number of rotatable bonds is 6. The molecule has 1 aliphatic rings. The second kappa shape index (κ2) is 10.9. The molecule has 0 aromatic carbocycles. The molecule has 2 atom stereocenters. The van der Waals surface area contributed by atoms with Gasteiger partial charge in [0.15, 0.2) is 5.96 Å². The van der Waals surface area contributed by atoms with Gasteiger partial charge in [0.2, 0.25) is 0 Å². The van der Waals surface area contributed by atoms with Gasteiger partial charge in [-0.1, -0.05) is 6.92 Å². The second-order valence-corrected chi connectivity index (χ2v) is 6.47. The summed E-state index contributed by atoms with van der Waals surface area (Å²) in [6.07, 6.45) is 4.23. The molecular weight excluding hydrogens is 417 g/mol. The predicted molar refractivity (Wildman–Crippen MR) is 109 cm³/mol. The molecule has 0 aliphatic carbocycles. The molecule has 1 aromatic rings. The number of nitrogens with zero attached hydrogens (tertiary/aromatic N) is 5. The van der Waals surface area contributed by atoms with Crippen molar-refractivity contribution < 1.29 is 0 Å². The Morgan fingerprint density at radius 2 is 2.25 bits per heavy atom. The van der Waals surface area contributed by atoms with E-state index in [9.17, 15) is 0 Å². The van der Waals surface area contributed by atoms with Gasteiger partial charge in [-0.15, -0.1) is 24.0 Å². The number of nitrogens with one attached hydrogen (secondary N) is 2. The molecule has 1 aromatic heterocycles. The van der Waals surface area contributed by atoms with E-state index in [1.165, 1.54) is 25.9 Å². The van der Waals surface area contributed by atoms with Crippen LogP contribution in [0.5, 0.6) is 0 Å². The Morgan fingerprint density at radius 3 is 2.88 bits per heavy atom. The zero-order valence-electron chi connectivity index (χ0n) is 15.3. The number of aryl methyl sites for hydroxylation is 1. The Bertz CT molecular complexity index is 502. The van der Waals surface area contributed by atoms with Crippen molar-refractivity contribution in [3.8, 4) is 0 Å². The lowest BCUT2D eigenvalue weighted by atomic mass is 9.99. The standard InChI is InChI=1S/C16H31N7.HI/c1-5-17-16(19-10-15-20-12-21-22(15)4)18-9-14(3)23-8-6-7-13(2)11-23;/h12-14H,5-11H2,1-4H3,(H2,17,18,19);1H. The molecule has 0 amide bonds. The van der Waals surface area contributed by atoms with Gasteiger partial charge < -0.3 is 10.6 Å². The third-order valence-corrected chi connectivity index (χ3v) is 4.40. The Morgan fingerprint density at radius 1 is 1.46 bits per heavy atom. The predicted octanol–water partition coefficient (Wildman–Crippen LogP) is 1.61. The lowest BCUT2D eigenvalue weighted by Crippen LogP contribution is -2.48. The summed E-state index contributed by atoms with van der Waals surface area (Å²) in [7, 11) is 1.89. The molecule has 2 heterocycles. The van der Waals surface area contributed by atoms with Crippen LogP contribution in [-0.4, -0.2) is 57.8 Å². The third-order valence-electron chi connectivity index (χ3n) is 4.40. The summed E-state index contributed by atoms with van der Waals surface area (Å²) in [5.74, 6) is 2.51. The van der Waals surface area contributed by atoms with E-state index in [2.05, 4.69) is 51.4 Å². The Balaban J connectivity index is 0.00000288. The van der Waals surface area contributed by atoms with Crippen molar-refractivity contribution in [2.24, 2.45) is 18.0 Å². The van der Waals surface area contributed by atoms with E-state index in [1.54, 1.807) is 11.0 Å². The molecule has 7 nitrogen and oxygen atoms in total. The van der Waals surface area contributed by atoms with Crippen LogP contribution < -0.4 is 10.6 Å². The SMILES string of the molecule is CCNC(=NCc1ncnn1C)NCC(C)N1CCCC(C)C1.I. The summed E-state index contributed by atoms with van der Waals surface area (Å²) in [6.45, 7) is 11.4. The van der Waals surface area contributed by atoms with Crippen molar-refractivity contribution in [2.45, 2.75) is 46.2 Å². The van der Waals surface area contributed by atoms with Crippen LogP contribution in [-0.2, 0) is 13.6 Å². The molecular formula is C16H32IN7. The molecule has 8 heteroatoms. The van der Waals surface area contributed by atoms with Crippen LogP contribution in [0.1, 0.15) is 39.4 Å². The van der Waals surface area contributed by atoms with Crippen LogP contribution in [0, 0.1) is 5.92 Å². The largest absolute Gasteiger partial charge is 0.357 e. The summed E-state index contributed by atoms with van der Waals surface area (Å²) in [4.78, 5) is 11.4. The summed E-state index contributed by atoms with van der Waals surface area (Å²) in [6, 6.07) is 0.511. The summed E-state index contributed by atoms with van der Waals surface area (Å²) in [5, 5.41) is 10.8. The highest BCUT2D eigenvalue weighted by Gasteiger charge is 2.20. The van der Waals surface area contributed by atoms with Crippen LogP contribution in [0.15, 0.2) is 11.3 Å². The topological polar surface area (TPSA) is 70.4 Å². The molecule has 2 N–H and O–H groups in total. The van der Waals surface area contributed by atoms with Crippen molar-refractivity contribution >= 4 is 29.9 Å². The van der Waals surface area contributed by atoms with E-state index in [0.29, 0.717) is 12.6 Å². The van der Waals surface area contributed by atoms with E-state index in [-0.39, 0.29) is 24.0 Å². The van der Waals surface area contributed by atoms with Crippen molar-refractivity contribution in [1.82, 2.24) is 30.3 Å². The highest BCUT2D eigenvalue weighted by atomic mass is 127. The Hall–Kier alpha value is -0.900. The van der Waals surface area contributed by atoms with Gasteiger partial charge in [0.25, 0.3) is 0 Å². The molecule has 1 fully saturated rings. The number of aliphatic imine (C=N–C) groups is 1. The number of hydrogen-bond donors (Lipinski definition) is 2. The summed E-state index contributed by atoms with van der Waals surface area (Å²) < 4.78 is 1.75. The second-order valence-electron chi connectivity index (χ2n) is 6.47. The van der Waals surface area contributed by atoms with Crippen molar-refractivity contribution in [3.63, 3.8) is 0 Å². The van der Waals surface area contributed by atoms with E-state index < -0.39 is 0 Å². The molecule has 2 rings (SSSR count). The van der Waals surface area contributed by atoms with Crippen LogP contribution in [0.3, 0.4) is 0 Å². The van der Waals surface area contributed by atoms with Gasteiger partial charge in [-0.2, -0.15) is 5.10 Å². The maximum atomic E-state index is 4.60. The fraction of sp³-hybridized carbons (Fsp3) is 0.812. The van der Waals surface area contributed by atoms with E-state index in [1.807, 2.05) is 7.05 Å². The van der Waals surface area contributed by atoms with Gasteiger partial charge >= 0.3 is 0 Å². The zero-order valence-corrected chi connectivity index (χ0v) is 17.7. The van der Waals surface area contributed by atoms with Gasteiger partial charge in [-0.25, -0.2) is 9.98 Å². The summed E-state index contributed by atoms with van der Waals surface area (Å²) >= 11 is 0. The minimum absolute atomic E-state index is 0. The quantitative estimate of drug-likeness (QED) is 0.393. The molecule has 0 radical (unpaired) electrons. The van der Waals surface area contributed by atoms with Crippen molar-refractivity contribution in [1.29, 1.82) is 0 Å². The number of hydrogen-bond acceptors (Lipinski definition) is 4.